The molecule has 0 bridgehead atoms. The van der Waals surface area contributed by atoms with Crippen LogP contribution < -0.4 is 5.32 Å². The van der Waals surface area contributed by atoms with Crippen molar-refractivity contribution < 1.29 is 9.90 Å². The SMILES string of the molecule is CCCC(C)C(Cl)NC(=O)O. The van der Waals surface area contributed by atoms with Crippen LogP contribution in [-0.4, -0.2) is 16.7 Å². The van der Waals surface area contributed by atoms with Gasteiger partial charge in [-0.15, -0.1) is 0 Å². The van der Waals surface area contributed by atoms with E-state index in [2.05, 4.69) is 5.32 Å². The zero-order valence-electron chi connectivity index (χ0n) is 6.80. The minimum atomic E-state index is -1.06. The summed E-state index contributed by atoms with van der Waals surface area (Å²) in [5, 5.41) is 10.5. The molecule has 0 heterocycles. The Balaban J connectivity index is 3.63. The number of rotatable bonds is 4. The van der Waals surface area contributed by atoms with Gasteiger partial charge >= 0.3 is 6.09 Å². The number of hydrogen-bond acceptors (Lipinski definition) is 1. The molecule has 2 N–H and O–H groups in total. The van der Waals surface area contributed by atoms with Crippen molar-refractivity contribution in [3.8, 4) is 0 Å². The third-order valence-electron chi connectivity index (χ3n) is 1.50. The lowest BCUT2D eigenvalue weighted by atomic mass is 10.1. The van der Waals surface area contributed by atoms with Crippen molar-refractivity contribution in [2.75, 3.05) is 0 Å². The Bertz CT molecular complexity index is 130. The first kappa shape index (κ1) is 10.6. The first-order valence-corrected chi connectivity index (χ1v) is 4.15. The number of halogens is 1. The Labute approximate surface area is 71.7 Å². The van der Waals surface area contributed by atoms with Crippen molar-refractivity contribution in [3.05, 3.63) is 0 Å². The molecule has 2 unspecified atom stereocenters. The number of amides is 1. The molecule has 3 nitrogen and oxygen atoms in total. The Hall–Kier alpha value is -0.440. The van der Waals surface area contributed by atoms with E-state index >= 15 is 0 Å². The topological polar surface area (TPSA) is 49.3 Å². The minimum Gasteiger partial charge on any atom is -0.465 e. The molecule has 0 aromatic carbocycles. The lowest BCUT2D eigenvalue weighted by Crippen LogP contribution is -2.33. The van der Waals surface area contributed by atoms with E-state index in [9.17, 15) is 4.79 Å². The zero-order valence-corrected chi connectivity index (χ0v) is 7.56. The molecule has 2 atom stereocenters. The monoisotopic (exact) mass is 179 g/mol. The highest BCUT2D eigenvalue weighted by Crippen LogP contribution is 2.13. The van der Waals surface area contributed by atoms with E-state index in [1.54, 1.807) is 0 Å². The van der Waals surface area contributed by atoms with Crippen LogP contribution in [0, 0.1) is 5.92 Å². The fourth-order valence-electron chi connectivity index (χ4n) is 0.862. The van der Waals surface area contributed by atoms with Gasteiger partial charge in [0.15, 0.2) is 0 Å². The molecule has 0 aliphatic heterocycles. The molecule has 0 saturated heterocycles. The summed E-state index contributed by atoms with van der Waals surface area (Å²) < 4.78 is 0. The van der Waals surface area contributed by atoms with Crippen LogP contribution in [0.25, 0.3) is 0 Å². The van der Waals surface area contributed by atoms with E-state index in [0.29, 0.717) is 0 Å². The number of carboxylic acid groups (broad SMARTS) is 1. The van der Waals surface area contributed by atoms with Crippen LogP contribution in [0.15, 0.2) is 0 Å². The molecule has 0 fully saturated rings. The molecule has 0 aliphatic rings. The molecular weight excluding hydrogens is 166 g/mol. The average Bonchev–Trinajstić information content (AvgIpc) is 1.86. The van der Waals surface area contributed by atoms with Gasteiger partial charge in [-0.1, -0.05) is 31.9 Å². The van der Waals surface area contributed by atoms with Gasteiger partial charge in [0.1, 0.15) is 5.50 Å². The maximum Gasteiger partial charge on any atom is 0.405 e. The third kappa shape index (κ3) is 4.90. The van der Waals surface area contributed by atoms with Gasteiger partial charge in [-0.05, 0) is 12.3 Å². The van der Waals surface area contributed by atoms with Crippen LogP contribution >= 0.6 is 11.6 Å². The second kappa shape index (κ2) is 5.24. The molecule has 0 rings (SSSR count). The smallest absolute Gasteiger partial charge is 0.405 e. The van der Waals surface area contributed by atoms with Gasteiger partial charge in [-0.25, -0.2) is 4.79 Å². The maximum atomic E-state index is 10.1. The van der Waals surface area contributed by atoms with Crippen molar-refractivity contribution in [2.24, 2.45) is 5.92 Å². The summed E-state index contributed by atoms with van der Waals surface area (Å²) in [5.41, 5.74) is -0.465. The van der Waals surface area contributed by atoms with Crippen molar-refractivity contribution in [3.63, 3.8) is 0 Å². The molecular formula is C7H14ClNO2. The molecule has 0 aromatic rings. The summed E-state index contributed by atoms with van der Waals surface area (Å²) in [5.74, 6) is 0.192. The van der Waals surface area contributed by atoms with Gasteiger partial charge in [-0.2, -0.15) is 0 Å². The van der Waals surface area contributed by atoms with Gasteiger partial charge in [-0.3, -0.25) is 0 Å². The lowest BCUT2D eigenvalue weighted by Gasteiger charge is -2.16. The summed E-state index contributed by atoms with van der Waals surface area (Å²) in [6.45, 7) is 3.97. The van der Waals surface area contributed by atoms with E-state index in [1.165, 1.54) is 0 Å². The summed E-state index contributed by atoms with van der Waals surface area (Å²) in [6, 6.07) is 0. The zero-order chi connectivity index (χ0) is 8.85. The van der Waals surface area contributed by atoms with E-state index in [-0.39, 0.29) is 5.92 Å². The molecule has 0 saturated carbocycles. The largest absolute Gasteiger partial charge is 0.465 e. The number of carbonyl (C=O) groups is 1. The van der Waals surface area contributed by atoms with Crippen LogP contribution in [0.2, 0.25) is 0 Å². The molecule has 0 aliphatic carbocycles. The predicted octanol–water partition coefficient (Wildman–Crippen LogP) is 2.26. The highest BCUT2D eigenvalue weighted by atomic mass is 35.5. The Morgan fingerprint density at radius 2 is 2.27 bits per heavy atom. The van der Waals surface area contributed by atoms with Gasteiger partial charge < -0.3 is 10.4 Å². The number of nitrogens with one attached hydrogen (secondary N) is 1. The predicted molar refractivity (Wildman–Crippen MR) is 44.9 cm³/mol. The summed E-state index contributed by atoms with van der Waals surface area (Å²) >= 11 is 5.71. The fraction of sp³-hybridized carbons (Fsp3) is 0.857. The van der Waals surface area contributed by atoms with Crippen LogP contribution in [0.3, 0.4) is 0 Å². The van der Waals surface area contributed by atoms with E-state index in [4.69, 9.17) is 16.7 Å². The minimum absolute atomic E-state index is 0.192. The van der Waals surface area contributed by atoms with E-state index in [0.717, 1.165) is 12.8 Å². The van der Waals surface area contributed by atoms with Crippen LogP contribution in [-0.2, 0) is 0 Å². The van der Waals surface area contributed by atoms with E-state index in [1.807, 2.05) is 13.8 Å². The van der Waals surface area contributed by atoms with Crippen molar-refractivity contribution in [1.29, 1.82) is 0 Å². The molecule has 66 valence electrons. The first-order valence-electron chi connectivity index (χ1n) is 3.71. The van der Waals surface area contributed by atoms with Crippen molar-refractivity contribution >= 4 is 17.7 Å². The quantitative estimate of drug-likeness (QED) is 0.514. The Morgan fingerprint density at radius 1 is 1.73 bits per heavy atom. The van der Waals surface area contributed by atoms with Crippen molar-refractivity contribution in [2.45, 2.75) is 32.2 Å². The first-order chi connectivity index (χ1) is 5.07. The number of alkyl halides is 1. The Morgan fingerprint density at radius 3 is 2.64 bits per heavy atom. The summed E-state index contributed by atoms with van der Waals surface area (Å²) in [6.07, 6.45) is 0.896. The highest BCUT2D eigenvalue weighted by molar-refractivity contribution is 6.21. The molecule has 0 spiro atoms. The second-order valence-corrected chi connectivity index (χ2v) is 3.09. The molecule has 0 radical (unpaired) electrons. The van der Waals surface area contributed by atoms with Crippen LogP contribution in [0.4, 0.5) is 4.79 Å². The van der Waals surface area contributed by atoms with Crippen LogP contribution in [0.5, 0.6) is 0 Å². The second-order valence-electron chi connectivity index (χ2n) is 2.62. The van der Waals surface area contributed by atoms with Gasteiger partial charge in [0.05, 0.1) is 0 Å². The average molecular weight is 180 g/mol. The lowest BCUT2D eigenvalue weighted by molar-refractivity contribution is 0.190. The number of hydrogen-bond donors (Lipinski definition) is 2. The molecule has 0 aromatic heterocycles. The summed E-state index contributed by atoms with van der Waals surface area (Å²) in [4.78, 5) is 10.1. The van der Waals surface area contributed by atoms with Crippen molar-refractivity contribution in [1.82, 2.24) is 5.32 Å². The van der Waals surface area contributed by atoms with E-state index < -0.39 is 11.6 Å². The molecule has 1 amide bonds. The third-order valence-corrected chi connectivity index (χ3v) is 2.04. The molecule has 4 heteroatoms. The fourth-order valence-corrected chi connectivity index (χ4v) is 1.08. The van der Waals surface area contributed by atoms with Gasteiger partial charge in [0.25, 0.3) is 0 Å². The normalized spacial score (nSPS) is 15.5. The van der Waals surface area contributed by atoms with Crippen LogP contribution in [0.1, 0.15) is 26.7 Å². The summed E-state index contributed by atoms with van der Waals surface area (Å²) in [7, 11) is 0. The maximum absolute atomic E-state index is 10.1. The highest BCUT2D eigenvalue weighted by Gasteiger charge is 2.14. The van der Waals surface area contributed by atoms with Gasteiger partial charge in [0.2, 0.25) is 0 Å². The Kier molecular flexibility index (Phi) is 5.03. The molecule has 11 heavy (non-hydrogen) atoms. The van der Waals surface area contributed by atoms with Gasteiger partial charge in [0, 0.05) is 0 Å². The standard InChI is InChI=1S/C7H14ClNO2/c1-3-4-5(2)6(8)9-7(10)11/h5-6,9H,3-4H2,1-2H3,(H,10,11).